The van der Waals surface area contributed by atoms with Crippen LogP contribution in [0.4, 0.5) is 5.82 Å². The van der Waals surface area contributed by atoms with Crippen molar-refractivity contribution >= 4 is 40.9 Å². The van der Waals surface area contributed by atoms with Crippen molar-refractivity contribution in [3.63, 3.8) is 0 Å². The van der Waals surface area contributed by atoms with Crippen LogP contribution in [0.3, 0.4) is 0 Å². The maximum atomic E-state index is 12.1. The number of aromatic nitrogens is 2. The molecule has 9 heteroatoms. The van der Waals surface area contributed by atoms with Crippen molar-refractivity contribution in [2.24, 2.45) is 0 Å². The molecule has 0 fully saturated rings. The fraction of sp³-hybridized carbons (Fsp3) is 0.286. The number of hydrogen-bond donors (Lipinski definition) is 1. The molecule has 2 heterocycles. The van der Waals surface area contributed by atoms with E-state index < -0.39 is 18.0 Å². The van der Waals surface area contributed by atoms with Crippen LogP contribution in [-0.4, -0.2) is 28.1 Å². The maximum Gasteiger partial charge on any atom is 0.344 e. The van der Waals surface area contributed by atoms with E-state index in [1.54, 1.807) is 13.8 Å². The second kappa shape index (κ2) is 6.97. The van der Waals surface area contributed by atoms with Crippen molar-refractivity contribution in [1.82, 2.24) is 10.1 Å². The molecule has 0 spiro atoms. The van der Waals surface area contributed by atoms with Crippen molar-refractivity contribution in [3.05, 3.63) is 39.3 Å². The van der Waals surface area contributed by atoms with Gasteiger partial charge in [0.2, 0.25) is 0 Å². The second-order valence-electron chi connectivity index (χ2n) is 4.72. The number of nitrogens with one attached hydrogen (secondary N) is 1. The van der Waals surface area contributed by atoms with E-state index in [-0.39, 0.29) is 16.4 Å². The molecule has 0 aliphatic heterocycles. The third-order valence-corrected chi connectivity index (χ3v) is 3.43. The number of halogens is 2. The summed E-state index contributed by atoms with van der Waals surface area (Å²) in [5.74, 6) is -0.829. The highest BCUT2D eigenvalue weighted by molar-refractivity contribution is 6.36. The molecule has 1 amide bonds. The summed E-state index contributed by atoms with van der Waals surface area (Å²) in [7, 11) is 0. The van der Waals surface area contributed by atoms with Crippen molar-refractivity contribution in [3.8, 4) is 0 Å². The van der Waals surface area contributed by atoms with E-state index in [0.29, 0.717) is 16.5 Å². The Labute approximate surface area is 141 Å². The summed E-state index contributed by atoms with van der Waals surface area (Å²) in [4.78, 5) is 28.0. The summed E-state index contributed by atoms with van der Waals surface area (Å²) >= 11 is 11.6. The molecule has 2 aromatic rings. The number of ether oxygens (including phenoxy) is 1. The highest BCUT2D eigenvalue weighted by Gasteiger charge is 2.24. The first-order valence-electron chi connectivity index (χ1n) is 6.55. The highest BCUT2D eigenvalue weighted by atomic mass is 35.5. The van der Waals surface area contributed by atoms with Crippen LogP contribution in [0.5, 0.6) is 0 Å². The quantitative estimate of drug-likeness (QED) is 0.844. The third kappa shape index (κ3) is 4.00. The summed E-state index contributed by atoms with van der Waals surface area (Å²) in [5.41, 5.74) is 0.592. The molecule has 7 nitrogen and oxygen atoms in total. The first-order valence-corrected chi connectivity index (χ1v) is 7.31. The lowest BCUT2D eigenvalue weighted by Crippen LogP contribution is -2.30. The topological polar surface area (TPSA) is 94.3 Å². The molecular formula is C14H13Cl2N3O4. The number of anilines is 1. The van der Waals surface area contributed by atoms with Crippen LogP contribution in [0.2, 0.25) is 10.0 Å². The molecule has 122 valence electrons. The standard InChI is InChI=1S/C14H13Cl2N3O4/c1-6-11(7(2)23-19-6)14(21)22-8(3)13(20)18-12-10(16)4-9(15)5-17-12/h4-5,8H,1-3H3,(H,17,18,20)/t8-/m1/s1. The Morgan fingerprint density at radius 1 is 1.35 bits per heavy atom. The van der Waals surface area contributed by atoms with E-state index in [1.165, 1.54) is 19.2 Å². The Kier molecular flexibility index (Phi) is 5.23. The molecule has 0 saturated heterocycles. The normalized spacial score (nSPS) is 11.9. The average Bonchev–Trinajstić information content (AvgIpc) is 2.81. The molecule has 2 aromatic heterocycles. The lowest BCUT2D eigenvalue weighted by molar-refractivity contribution is -0.123. The fourth-order valence-corrected chi connectivity index (χ4v) is 2.20. The summed E-state index contributed by atoms with van der Waals surface area (Å²) in [6.07, 6.45) is 0.272. The lowest BCUT2D eigenvalue weighted by Gasteiger charge is -2.13. The van der Waals surface area contributed by atoms with Crippen LogP contribution < -0.4 is 5.32 Å². The molecule has 23 heavy (non-hydrogen) atoms. The maximum absolute atomic E-state index is 12.1. The third-order valence-electron chi connectivity index (χ3n) is 2.94. The second-order valence-corrected chi connectivity index (χ2v) is 5.56. The number of amides is 1. The summed E-state index contributed by atoms with van der Waals surface area (Å²) < 4.78 is 10.00. The smallest absolute Gasteiger partial charge is 0.344 e. The SMILES string of the molecule is Cc1noc(C)c1C(=O)O[C@H](C)C(=O)Nc1ncc(Cl)cc1Cl. The molecule has 2 rings (SSSR count). The molecular weight excluding hydrogens is 345 g/mol. The van der Waals surface area contributed by atoms with Gasteiger partial charge in [0, 0.05) is 6.20 Å². The van der Waals surface area contributed by atoms with Gasteiger partial charge in [-0.1, -0.05) is 28.4 Å². The van der Waals surface area contributed by atoms with E-state index >= 15 is 0 Å². The Balaban J connectivity index is 2.04. The van der Waals surface area contributed by atoms with Crippen LogP contribution in [0.1, 0.15) is 28.7 Å². The summed E-state index contributed by atoms with van der Waals surface area (Å²) in [6, 6.07) is 1.44. The number of carbonyl (C=O) groups excluding carboxylic acids is 2. The number of aryl methyl sites for hydroxylation is 2. The predicted octanol–water partition coefficient (Wildman–Crippen LogP) is 3.18. The molecule has 0 aliphatic carbocycles. The zero-order valence-corrected chi connectivity index (χ0v) is 14.0. The van der Waals surface area contributed by atoms with Crippen LogP contribution in [-0.2, 0) is 9.53 Å². The average molecular weight is 358 g/mol. The largest absolute Gasteiger partial charge is 0.449 e. The van der Waals surface area contributed by atoms with Gasteiger partial charge in [0.15, 0.2) is 11.9 Å². The van der Waals surface area contributed by atoms with Crippen LogP contribution in [0.15, 0.2) is 16.8 Å². The molecule has 1 N–H and O–H groups in total. The van der Waals surface area contributed by atoms with Gasteiger partial charge in [0.1, 0.15) is 11.3 Å². The Morgan fingerprint density at radius 3 is 2.61 bits per heavy atom. The number of hydrogen-bond acceptors (Lipinski definition) is 6. The van der Waals surface area contributed by atoms with E-state index in [9.17, 15) is 9.59 Å². The minimum Gasteiger partial charge on any atom is -0.449 e. The monoisotopic (exact) mass is 357 g/mol. The van der Waals surface area contributed by atoms with Gasteiger partial charge in [0.25, 0.3) is 5.91 Å². The van der Waals surface area contributed by atoms with Crippen molar-refractivity contribution in [2.45, 2.75) is 26.9 Å². The Morgan fingerprint density at radius 2 is 2.04 bits per heavy atom. The predicted molar refractivity (Wildman–Crippen MR) is 83.7 cm³/mol. The molecule has 0 bridgehead atoms. The minimum atomic E-state index is -1.07. The number of esters is 1. The van der Waals surface area contributed by atoms with Gasteiger partial charge >= 0.3 is 5.97 Å². The summed E-state index contributed by atoms with van der Waals surface area (Å²) in [5, 5.41) is 6.64. The number of nitrogens with zero attached hydrogens (tertiary/aromatic N) is 2. The zero-order valence-electron chi connectivity index (χ0n) is 12.5. The molecule has 1 atom stereocenters. The van der Waals surface area contributed by atoms with Gasteiger partial charge in [-0.2, -0.15) is 0 Å². The number of rotatable bonds is 4. The van der Waals surface area contributed by atoms with E-state index in [0.717, 1.165) is 0 Å². The van der Waals surface area contributed by atoms with Crippen LogP contribution in [0.25, 0.3) is 0 Å². The Bertz CT molecular complexity index is 741. The molecule has 0 aliphatic rings. The molecule has 0 unspecified atom stereocenters. The van der Waals surface area contributed by atoms with Gasteiger partial charge in [-0.05, 0) is 26.8 Å². The first kappa shape index (κ1) is 17.2. The van der Waals surface area contributed by atoms with Gasteiger partial charge in [-0.3, -0.25) is 4.79 Å². The molecule has 0 aromatic carbocycles. The fourth-order valence-electron chi connectivity index (χ4n) is 1.77. The zero-order chi connectivity index (χ0) is 17.1. The van der Waals surface area contributed by atoms with Crippen LogP contribution >= 0.6 is 23.2 Å². The summed E-state index contributed by atoms with van der Waals surface area (Å²) in [6.45, 7) is 4.61. The van der Waals surface area contributed by atoms with Crippen molar-refractivity contribution < 1.29 is 18.8 Å². The van der Waals surface area contributed by atoms with Gasteiger partial charge in [-0.25, -0.2) is 9.78 Å². The number of carbonyl (C=O) groups is 2. The van der Waals surface area contributed by atoms with Crippen molar-refractivity contribution in [2.75, 3.05) is 5.32 Å². The first-order chi connectivity index (χ1) is 10.8. The molecule has 0 radical (unpaired) electrons. The lowest BCUT2D eigenvalue weighted by atomic mass is 10.2. The van der Waals surface area contributed by atoms with E-state index in [4.69, 9.17) is 32.5 Å². The van der Waals surface area contributed by atoms with Gasteiger partial charge < -0.3 is 14.6 Å². The number of pyridine rings is 1. The van der Waals surface area contributed by atoms with Crippen molar-refractivity contribution in [1.29, 1.82) is 0 Å². The van der Waals surface area contributed by atoms with Gasteiger partial charge in [0.05, 0.1) is 15.7 Å². The highest BCUT2D eigenvalue weighted by Crippen LogP contribution is 2.23. The van der Waals surface area contributed by atoms with E-state index in [2.05, 4.69) is 15.5 Å². The minimum absolute atomic E-state index is 0.126. The van der Waals surface area contributed by atoms with Gasteiger partial charge in [-0.15, -0.1) is 0 Å². The molecule has 0 saturated carbocycles. The Hall–Kier alpha value is -2.12. The van der Waals surface area contributed by atoms with E-state index in [1.807, 2.05) is 0 Å². The van der Waals surface area contributed by atoms with Crippen LogP contribution in [0, 0.1) is 13.8 Å².